The molecule has 0 N–H and O–H groups in total. The van der Waals surface area contributed by atoms with Crippen molar-refractivity contribution < 1.29 is 13.2 Å². The quantitative estimate of drug-likeness (QED) is 0.810. The number of morpholine rings is 1. The molecule has 0 unspecified atom stereocenters. The molecule has 3 heterocycles. The SMILES string of the molecule is Cc1cncc([C@H]2CCCN(S(=O)(=O)N3CCOCC3)C2)n1. The maximum absolute atomic E-state index is 12.7. The first-order valence-corrected chi connectivity index (χ1v) is 9.08. The van der Waals surface area contributed by atoms with Crippen LogP contribution in [0, 0.1) is 6.92 Å². The smallest absolute Gasteiger partial charge is 0.282 e. The summed E-state index contributed by atoms with van der Waals surface area (Å²) in [6, 6.07) is 0. The molecule has 3 rings (SSSR count). The number of aryl methyl sites for hydroxylation is 1. The van der Waals surface area contributed by atoms with Crippen LogP contribution < -0.4 is 0 Å². The van der Waals surface area contributed by atoms with E-state index in [0.717, 1.165) is 24.2 Å². The number of nitrogens with zero attached hydrogens (tertiary/aromatic N) is 4. The molecule has 2 saturated heterocycles. The van der Waals surface area contributed by atoms with E-state index in [4.69, 9.17) is 4.74 Å². The summed E-state index contributed by atoms with van der Waals surface area (Å²) in [5.41, 5.74) is 1.76. The van der Waals surface area contributed by atoms with E-state index in [1.54, 1.807) is 16.7 Å². The van der Waals surface area contributed by atoms with E-state index in [9.17, 15) is 8.42 Å². The molecule has 7 nitrogen and oxygen atoms in total. The monoisotopic (exact) mass is 326 g/mol. The highest BCUT2D eigenvalue weighted by atomic mass is 32.2. The van der Waals surface area contributed by atoms with E-state index in [1.165, 1.54) is 4.31 Å². The lowest BCUT2D eigenvalue weighted by atomic mass is 9.96. The van der Waals surface area contributed by atoms with Crippen molar-refractivity contribution in [2.45, 2.75) is 25.7 Å². The van der Waals surface area contributed by atoms with Gasteiger partial charge in [0.05, 0.1) is 24.6 Å². The molecule has 0 aromatic carbocycles. The first-order chi connectivity index (χ1) is 10.6. The predicted molar refractivity (Wildman–Crippen MR) is 81.6 cm³/mol. The van der Waals surface area contributed by atoms with Crippen molar-refractivity contribution in [1.29, 1.82) is 0 Å². The molecule has 1 aromatic heterocycles. The molecule has 0 spiro atoms. The molecule has 0 radical (unpaired) electrons. The zero-order valence-electron chi connectivity index (χ0n) is 12.8. The Kier molecular flexibility index (Phi) is 4.72. The summed E-state index contributed by atoms with van der Waals surface area (Å²) in [7, 11) is -3.40. The molecular formula is C14H22N4O3S. The summed E-state index contributed by atoms with van der Waals surface area (Å²) in [4.78, 5) is 8.69. The Morgan fingerprint density at radius 2 is 1.95 bits per heavy atom. The molecule has 0 amide bonds. The van der Waals surface area contributed by atoms with Crippen LogP contribution in [0.4, 0.5) is 0 Å². The summed E-state index contributed by atoms with van der Waals surface area (Å²) in [5.74, 6) is 0.122. The maximum Gasteiger partial charge on any atom is 0.282 e. The highest BCUT2D eigenvalue weighted by Crippen LogP contribution is 2.28. The van der Waals surface area contributed by atoms with Crippen LogP contribution in [0.25, 0.3) is 0 Å². The van der Waals surface area contributed by atoms with Crippen LogP contribution in [-0.4, -0.2) is 66.4 Å². The average molecular weight is 326 g/mol. The molecule has 8 heteroatoms. The third kappa shape index (κ3) is 3.29. The highest BCUT2D eigenvalue weighted by molar-refractivity contribution is 7.86. The van der Waals surface area contributed by atoms with Gasteiger partial charge in [0.2, 0.25) is 0 Å². The van der Waals surface area contributed by atoms with Gasteiger partial charge in [-0.15, -0.1) is 0 Å². The molecule has 0 saturated carbocycles. The Morgan fingerprint density at radius 1 is 1.18 bits per heavy atom. The lowest BCUT2D eigenvalue weighted by Gasteiger charge is -2.36. The Bertz CT molecular complexity index is 616. The zero-order valence-corrected chi connectivity index (χ0v) is 13.6. The number of hydrogen-bond donors (Lipinski definition) is 0. The van der Waals surface area contributed by atoms with E-state index in [1.807, 2.05) is 6.92 Å². The van der Waals surface area contributed by atoms with Crippen molar-refractivity contribution in [3.05, 3.63) is 23.8 Å². The average Bonchev–Trinajstić information content (AvgIpc) is 2.56. The molecule has 1 atom stereocenters. The van der Waals surface area contributed by atoms with E-state index >= 15 is 0 Å². The van der Waals surface area contributed by atoms with Crippen molar-refractivity contribution >= 4 is 10.2 Å². The van der Waals surface area contributed by atoms with Gasteiger partial charge >= 0.3 is 0 Å². The predicted octanol–water partition coefficient (Wildman–Crippen LogP) is 0.541. The molecule has 2 aliphatic rings. The molecule has 2 fully saturated rings. The normalized spacial score (nSPS) is 25.2. The fourth-order valence-electron chi connectivity index (χ4n) is 3.01. The lowest BCUT2D eigenvalue weighted by molar-refractivity contribution is 0.0695. The summed E-state index contributed by atoms with van der Waals surface area (Å²) in [6.07, 6.45) is 5.27. The Labute approximate surface area is 131 Å². The summed E-state index contributed by atoms with van der Waals surface area (Å²) < 4.78 is 33.9. The van der Waals surface area contributed by atoms with Crippen LogP contribution in [0.5, 0.6) is 0 Å². The topological polar surface area (TPSA) is 75.6 Å². The van der Waals surface area contributed by atoms with E-state index in [-0.39, 0.29) is 5.92 Å². The second-order valence-corrected chi connectivity index (χ2v) is 7.73. The molecule has 2 aliphatic heterocycles. The van der Waals surface area contributed by atoms with Crippen LogP contribution in [-0.2, 0) is 14.9 Å². The van der Waals surface area contributed by atoms with Gasteiger partial charge in [0, 0.05) is 44.5 Å². The first kappa shape index (κ1) is 15.8. The van der Waals surface area contributed by atoms with Gasteiger partial charge in [0.15, 0.2) is 0 Å². The molecular weight excluding hydrogens is 304 g/mol. The fraction of sp³-hybridized carbons (Fsp3) is 0.714. The standard InChI is InChI=1S/C14H22N4O3S/c1-12-9-15-10-14(16-12)13-3-2-4-18(11-13)22(19,20)17-5-7-21-8-6-17/h9-10,13H,2-8,11H2,1H3/t13-/m0/s1. The van der Waals surface area contributed by atoms with Gasteiger partial charge in [0.25, 0.3) is 10.2 Å². The number of ether oxygens (including phenoxy) is 1. The van der Waals surface area contributed by atoms with Gasteiger partial charge in [0.1, 0.15) is 0 Å². The second kappa shape index (κ2) is 6.57. The van der Waals surface area contributed by atoms with Gasteiger partial charge in [-0.2, -0.15) is 17.0 Å². The number of hydrogen-bond acceptors (Lipinski definition) is 5. The van der Waals surface area contributed by atoms with Crippen LogP contribution in [0.15, 0.2) is 12.4 Å². The maximum atomic E-state index is 12.7. The van der Waals surface area contributed by atoms with Crippen LogP contribution in [0.1, 0.15) is 30.1 Å². The Morgan fingerprint density at radius 3 is 2.68 bits per heavy atom. The minimum atomic E-state index is -3.40. The highest BCUT2D eigenvalue weighted by Gasteiger charge is 2.35. The largest absolute Gasteiger partial charge is 0.379 e. The van der Waals surface area contributed by atoms with Gasteiger partial charge in [-0.3, -0.25) is 9.97 Å². The number of rotatable bonds is 3. The second-order valence-electron chi connectivity index (χ2n) is 5.80. The molecule has 22 heavy (non-hydrogen) atoms. The van der Waals surface area contributed by atoms with Gasteiger partial charge < -0.3 is 4.74 Å². The van der Waals surface area contributed by atoms with Crippen LogP contribution >= 0.6 is 0 Å². The molecule has 0 bridgehead atoms. The van der Waals surface area contributed by atoms with E-state index < -0.39 is 10.2 Å². The first-order valence-electron chi connectivity index (χ1n) is 7.69. The fourth-order valence-corrected chi connectivity index (χ4v) is 4.68. The molecule has 122 valence electrons. The minimum absolute atomic E-state index is 0.122. The third-order valence-corrected chi connectivity index (χ3v) is 6.20. The van der Waals surface area contributed by atoms with Crippen molar-refractivity contribution in [2.24, 2.45) is 0 Å². The van der Waals surface area contributed by atoms with Crippen molar-refractivity contribution in [1.82, 2.24) is 18.6 Å². The van der Waals surface area contributed by atoms with E-state index in [0.29, 0.717) is 39.4 Å². The van der Waals surface area contributed by atoms with Crippen LogP contribution in [0.3, 0.4) is 0 Å². The number of aromatic nitrogens is 2. The van der Waals surface area contributed by atoms with Crippen LogP contribution in [0.2, 0.25) is 0 Å². The Balaban J connectivity index is 1.75. The number of piperidine rings is 1. The van der Waals surface area contributed by atoms with Gasteiger partial charge in [-0.1, -0.05) is 0 Å². The van der Waals surface area contributed by atoms with Crippen molar-refractivity contribution in [3.63, 3.8) is 0 Å². The van der Waals surface area contributed by atoms with Crippen molar-refractivity contribution in [3.8, 4) is 0 Å². The van der Waals surface area contributed by atoms with E-state index in [2.05, 4.69) is 9.97 Å². The van der Waals surface area contributed by atoms with Gasteiger partial charge in [-0.05, 0) is 19.8 Å². The van der Waals surface area contributed by atoms with Gasteiger partial charge in [-0.25, -0.2) is 0 Å². The van der Waals surface area contributed by atoms with Crippen molar-refractivity contribution in [2.75, 3.05) is 39.4 Å². The summed E-state index contributed by atoms with van der Waals surface area (Å²) in [5, 5.41) is 0. The summed E-state index contributed by atoms with van der Waals surface area (Å²) in [6.45, 7) is 4.79. The third-order valence-electron chi connectivity index (χ3n) is 4.20. The lowest BCUT2D eigenvalue weighted by Crippen LogP contribution is -2.51. The molecule has 1 aromatic rings. The molecule has 0 aliphatic carbocycles. The zero-order chi connectivity index (χ0) is 15.6. The Hall–Kier alpha value is -1.09. The summed E-state index contributed by atoms with van der Waals surface area (Å²) >= 11 is 0. The minimum Gasteiger partial charge on any atom is -0.379 e.